The molecule has 6 heteroatoms. The number of fused-ring (bicyclic) bond motifs is 1. The average Bonchev–Trinajstić information content (AvgIpc) is 2.88. The van der Waals surface area contributed by atoms with Crippen LogP contribution in [0.15, 0.2) is 40.8 Å². The Hall–Kier alpha value is -1.79. The summed E-state index contributed by atoms with van der Waals surface area (Å²) in [6.45, 7) is 0.573. The standard InChI is InChI=1S/C13H11N3OS2/c17-12-10-4-8-19-11(10)15-13(18)16(12)7-3-9-1-5-14-6-2-9/h1-2,4-6,8H,3,7H2,(H,15,18). The van der Waals surface area contributed by atoms with Gasteiger partial charge in [-0.25, -0.2) is 0 Å². The van der Waals surface area contributed by atoms with Crippen molar-refractivity contribution >= 4 is 33.8 Å². The van der Waals surface area contributed by atoms with E-state index in [0.717, 1.165) is 16.8 Å². The number of rotatable bonds is 3. The molecule has 3 rings (SSSR count). The summed E-state index contributed by atoms with van der Waals surface area (Å²) < 4.78 is 2.10. The Morgan fingerprint density at radius 2 is 2.11 bits per heavy atom. The molecule has 0 unspecified atom stereocenters. The van der Waals surface area contributed by atoms with E-state index in [2.05, 4.69) is 9.97 Å². The van der Waals surface area contributed by atoms with Gasteiger partial charge in [0, 0.05) is 18.9 Å². The van der Waals surface area contributed by atoms with Gasteiger partial charge < -0.3 is 4.98 Å². The molecule has 0 amide bonds. The number of aromatic amines is 1. The summed E-state index contributed by atoms with van der Waals surface area (Å²) in [4.78, 5) is 20.2. The van der Waals surface area contributed by atoms with Crippen molar-refractivity contribution in [2.24, 2.45) is 0 Å². The van der Waals surface area contributed by atoms with Gasteiger partial charge in [0.15, 0.2) is 4.77 Å². The maximum Gasteiger partial charge on any atom is 0.263 e. The third kappa shape index (κ3) is 2.36. The van der Waals surface area contributed by atoms with Gasteiger partial charge in [0.05, 0.1) is 5.39 Å². The number of nitrogens with zero attached hydrogens (tertiary/aromatic N) is 2. The van der Waals surface area contributed by atoms with Gasteiger partial charge in [-0.05, 0) is 47.8 Å². The van der Waals surface area contributed by atoms with E-state index in [0.29, 0.717) is 16.7 Å². The maximum absolute atomic E-state index is 12.3. The molecule has 0 atom stereocenters. The highest BCUT2D eigenvalue weighted by atomic mass is 32.1. The Balaban J connectivity index is 1.97. The molecule has 96 valence electrons. The van der Waals surface area contributed by atoms with Gasteiger partial charge in [0.2, 0.25) is 0 Å². The first-order chi connectivity index (χ1) is 9.25. The molecule has 0 fully saturated rings. The van der Waals surface area contributed by atoms with Gasteiger partial charge in [0.25, 0.3) is 5.56 Å². The monoisotopic (exact) mass is 289 g/mol. The number of aryl methyl sites for hydroxylation is 1. The van der Waals surface area contributed by atoms with Crippen molar-refractivity contribution in [2.45, 2.75) is 13.0 Å². The number of nitrogens with one attached hydrogen (secondary N) is 1. The van der Waals surface area contributed by atoms with Crippen molar-refractivity contribution in [1.82, 2.24) is 14.5 Å². The lowest BCUT2D eigenvalue weighted by Crippen LogP contribution is -2.22. The number of pyridine rings is 1. The number of H-pyrrole nitrogens is 1. The minimum atomic E-state index is -0.0194. The van der Waals surface area contributed by atoms with Crippen molar-refractivity contribution < 1.29 is 0 Å². The number of hydrogen-bond acceptors (Lipinski definition) is 4. The second-order valence-corrected chi connectivity index (χ2v) is 5.46. The third-order valence-electron chi connectivity index (χ3n) is 2.98. The zero-order valence-electron chi connectivity index (χ0n) is 10.00. The first-order valence-corrected chi connectivity index (χ1v) is 7.14. The highest BCUT2D eigenvalue weighted by Gasteiger charge is 2.06. The van der Waals surface area contributed by atoms with Gasteiger partial charge in [-0.2, -0.15) is 0 Å². The predicted octanol–water partition coefficient (Wildman–Crippen LogP) is 2.76. The van der Waals surface area contributed by atoms with Crippen LogP contribution in [0.25, 0.3) is 10.2 Å². The van der Waals surface area contributed by atoms with Gasteiger partial charge in [-0.1, -0.05) is 0 Å². The summed E-state index contributed by atoms with van der Waals surface area (Å²) in [6.07, 6.45) is 4.26. The molecule has 3 aromatic heterocycles. The van der Waals surface area contributed by atoms with E-state index in [1.807, 2.05) is 23.6 Å². The first kappa shape index (κ1) is 12.3. The Morgan fingerprint density at radius 1 is 1.32 bits per heavy atom. The largest absolute Gasteiger partial charge is 0.323 e. The highest BCUT2D eigenvalue weighted by molar-refractivity contribution is 7.71. The summed E-state index contributed by atoms with van der Waals surface area (Å²) in [5.74, 6) is 0. The Labute approximate surface area is 118 Å². The van der Waals surface area contributed by atoms with Crippen LogP contribution in [0.4, 0.5) is 0 Å². The van der Waals surface area contributed by atoms with E-state index >= 15 is 0 Å². The van der Waals surface area contributed by atoms with Gasteiger partial charge in [0.1, 0.15) is 4.83 Å². The maximum atomic E-state index is 12.3. The molecule has 0 saturated carbocycles. The van der Waals surface area contributed by atoms with Crippen LogP contribution in [0.3, 0.4) is 0 Å². The zero-order valence-corrected chi connectivity index (χ0v) is 11.6. The minimum absolute atomic E-state index is 0.0194. The smallest absolute Gasteiger partial charge is 0.263 e. The molecule has 0 radical (unpaired) electrons. The fraction of sp³-hybridized carbons (Fsp3) is 0.154. The molecule has 3 aromatic rings. The molecular formula is C13H11N3OS2. The molecule has 0 aliphatic heterocycles. The fourth-order valence-corrected chi connectivity index (χ4v) is 3.09. The van der Waals surface area contributed by atoms with Crippen LogP contribution in [0.1, 0.15) is 5.56 Å². The highest BCUT2D eigenvalue weighted by Crippen LogP contribution is 2.14. The first-order valence-electron chi connectivity index (χ1n) is 5.85. The lowest BCUT2D eigenvalue weighted by Gasteiger charge is -2.06. The van der Waals surface area contributed by atoms with Crippen molar-refractivity contribution in [3.8, 4) is 0 Å². The summed E-state index contributed by atoms with van der Waals surface area (Å²) in [7, 11) is 0. The molecule has 3 heterocycles. The molecular weight excluding hydrogens is 278 g/mol. The van der Waals surface area contributed by atoms with Crippen molar-refractivity contribution in [3.63, 3.8) is 0 Å². The van der Waals surface area contributed by atoms with Crippen LogP contribution < -0.4 is 5.56 Å². The molecule has 1 N–H and O–H groups in total. The van der Waals surface area contributed by atoms with E-state index in [-0.39, 0.29) is 5.56 Å². The van der Waals surface area contributed by atoms with Gasteiger partial charge in [-0.15, -0.1) is 11.3 Å². The summed E-state index contributed by atoms with van der Waals surface area (Å²) >= 11 is 6.75. The molecule has 0 saturated heterocycles. The van der Waals surface area contributed by atoms with Gasteiger partial charge in [-0.3, -0.25) is 14.3 Å². The van der Waals surface area contributed by atoms with E-state index in [1.165, 1.54) is 11.3 Å². The second kappa shape index (κ2) is 5.07. The van der Waals surface area contributed by atoms with Crippen molar-refractivity contribution in [3.05, 3.63) is 56.7 Å². The molecule has 0 aromatic carbocycles. The topological polar surface area (TPSA) is 50.7 Å². The molecule has 0 spiro atoms. The summed E-state index contributed by atoms with van der Waals surface area (Å²) in [5.41, 5.74) is 1.12. The summed E-state index contributed by atoms with van der Waals surface area (Å²) in [6, 6.07) is 5.72. The lowest BCUT2D eigenvalue weighted by atomic mass is 10.2. The summed E-state index contributed by atoms with van der Waals surface area (Å²) in [5, 5.41) is 2.60. The number of hydrogen-bond donors (Lipinski definition) is 1. The SMILES string of the molecule is O=c1c2ccsc2[nH]c(=S)n1CCc1ccncc1. The lowest BCUT2D eigenvalue weighted by molar-refractivity contribution is 0.653. The molecule has 0 aliphatic rings. The third-order valence-corrected chi connectivity index (χ3v) is 4.13. The zero-order chi connectivity index (χ0) is 13.2. The quantitative estimate of drug-likeness (QED) is 0.754. The Morgan fingerprint density at radius 3 is 2.89 bits per heavy atom. The minimum Gasteiger partial charge on any atom is -0.323 e. The van der Waals surface area contributed by atoms with E-state index in [9.17, 15) is 4.79 Å². The van der Waals surface area contributed by atoms with E-state index in [1.54, 1.807) is 17.0 Å². The van der Waals surface area contributed by atoms with Crippen molar-refractivity contribution in [2.75, 3.05) is 0 Å². The Bertz CT molecular complexity index is 817. The van der Waals surface area contributed by atoms with Crippen LogP contribution in [-0.2, 0) is 13.0 Å². The molecule has 0 aliphatic carbocycles. The van der Waals surface area contributed by atoms with Crippen LogP contribution in [0.2, 0.25) is 0 Å². The average molecular weight is 289 g/mol. The normalized spacial score (nSPS) is 10.9. The molecule has 19 heavy (non-hydrogen) atoms. The molecule has 4 nitrogen and oxygen atoms in total. The number of aromatic nitrogens is 3. The second-order valence-electron chi connectivity index (χ2n) is 4.16. The van der Waals surface area contributed by atoms with E-state index < -0.39 is 0 Å². The van der Waals surface area contributed by atoms with Crippen LogP contribution in [0, 0.1) is 4.77 Å². The van der Waals surface area contributed by atoms with E-state index in [4.69, 9.17) is 12.2 Å². The van der Waals surface area contributed by atoms with Gasteiger partial charge >= 0.3 is 0 Å². The number of thiophene rings is 1. The Kier molecular flexibility index (Phi) is 3.27. The fourth-order valence-electron chi connectivity index (χ4n) is 1.97. The molecule has 0 bridgehead atoms. The van der Waals surface area contributed by atoms with Crippen LogP contribution in [-0.4, -0.2) is 14.5 Å². The van der Waals surface area contributed by atoms with Crippen molar-refractivity contribution in [1.29, 1.82) is 0 Å². The predicted molar refractivity (Wildman–Crippen MR) is 79.2 cm³/mol. The van der Waals surface area contributed by atoms with Crippen LogP contribution >= 0.6 is 23.6 Å². The van der Waals surface area contributed by atoms with Crippen LogP contribution in [0.5, 0.6) is 0 Å².